The van der Waals surface area contributed by atoms with Gasteiger partial charge in [0.15, 0.2) is 0 Å². The Kier molecular flexibility index (Phi) is 5.31. The van der Waals surface area contributed by atoms with Gasteiger partial charge in [-0.2, -0.15) is 0 Å². The van der Waals surface area contributed by atoms with E-state index in [0.717, 1.165) is 11.1 Å². The van der Waals surface area contributed by atoms with Gasteiger partial charge < -0.3 is 10.1 Å². The van der Waals surface area contributed by atoms with Crippen LogP contribution in [0.25, 0.3) is 0 Å². The zero-order valence-corrected chi connectivity index (χ0v) is 12.7. The molecule has 1 atom stereocenters. The Balaban J connectivity index is 2.11. The van der Waals surface area contributed by atoms with Crippen molar-refractivity contribution in [2.75, 3.05) is 7.11 Å². The van der Waals surface area contributed by atoms with Crippen LogP contribution < -0.4 is 5.32 Å². The van der Waals surface area contributed by atoms with Gasteiger partial charge in [-0.25, -0.2) is 4.79 Å². The Morgan fingerprint density at radius 1 is 1.05 bits per heavy atom. The average Bonchev–Trinajstić information content (AvgIpc) is 2.56. The van der Waals surface area contributed by atoms with Crippen molar-refractivity contribution < 1.29 is 14.3 Å². The number of ether oxygens (including phenoxy) is 1. The van der Waals surface area contributed by atoms with Crippen LogP contribution in [0.4, 0.5) is 0 Å². The second kappa shape index (κ2) is 7.41. The molecule has 0 aliphatic rings. The average molecular weight is 297 g/mol. The Labute approximate surface area is 130 Å². The Hall–Kier alpha value is -2.62. The molecule has 22 heavy (non-hydrogen) atoms. The number of aryl methyl sites for hydroxylation is 1. The molecule has 0 heterocycles. The number of amides is 1. The van der Waals surface area contributed by atoms with Gasteiger partial charge in [-0.05, 0) is 24.6 Å². The fraction of sp³-hybridized carbons (Fsp3) is 0.222. The maximum Gasteiger partial charge on any atom is 0.328 e. The van der Waals surface area contributed by atoms with Gasteiger partial charge in [0.05, 0.1) is 7.11 Å². The van der Waals surface area contributed by atoms with E-state index < -0.39 is 12.0 Å². The molecule has 0 fully saturated rings. The second-order valence-corrected chi connectivity index (χ2v) is 5.10. The molecule has 0 spiro atoms. The van der Waals surface area contributed by atoms with Crippen molar-refractivity contribution >= 4 is 11.9 Å². The van der Waals surface area contributed by atoms with Crippen molar-refractivity contribution in [1.29, 1.82) is 0 Å². The summed E-state index contributed by atoms with van der Waals surface area (Å²) in [6.45, 7) is 2.00. The third-order valence-corrected chi connectivity index (χ3v) is 3.39. The predicted molar refractivity (Wildman–Crippen MR) is 84.6 cm³/mol. The minimum Gasteiger partial charge on any atom is -0.467 e. The normalized spacial score (nSPS) is 11.5. The smallest absolute Gasteiger partial charge is 0.328 e. The molecule has 4 nitrogen and oxygen atoms in total. The van der Waals surface area contributed by atoms with E-state index in [9.17, 15) is 9.59 Å². The SMILES string of the molecule is COC(=O)[C@@H](Cc1ccc(C)cc1)NC(=O)c1ccccc1. The summed E-state index contributed by atoms with van der Waals surface area (Å²) in [4.78, 5) is 24.1. The molecule has 114 valence electrons. The third kappa shape index (κ3) is 4.19. The molecule has 1 amide bonds. The first-order valence-corrected chi connectivity index (χ1v) is 7.09. The zero-order chi connectivity index (χ0) is 15.9. The van der Waals surface area contributed by atoms with E-state index in [1.54, 1.807) is 24.3 Å². The summed E-state index contributed by atoms with van der Waals surface area (Å²) in [7, 11) is 1.32. The number of carbonyl (C=O) groups is 2. The standard InChI is InChI=1S/C18H19NO3/c1-13-8-10-14(11-9-13)12-16(18(21)22-2)19-17(20)15-6-4-3-5-7-15/h3-11,16H,12H2,1-2H3,(H,19,20)/t16-/m1/s1. The lowest BCUT2D eigenvalue weighted by Crippen LogP contribution is -2.43. The Morgan fingerprint density at radius 2 is 1.68 bits per heavy atom. The van der Waals surface area contributed by atoms with E-state index in [1.807, 2.05) is 37.3 Å². The predicted octanol–water partition coefficient (Wildman–Crippen LogP) is 2.51. The molecular formula is C18H19NO3. The lowest BCUT2D eigenvalue weighted by atomic mass is 10.0. The topological polar surface area (TPSA) is 55.4 Å². The third-order valence-electron chi connectivity index (χ3n) is 3.39. The van der Waals surface area contributed by atoms with E-state index in [-0.39, 0.29) is 5.91 Å². The van der Waals surface area contributed by atoms with Crippen LogP contribution in [0.2, 0.25) is 0 Å². The molecule has 2 rings (SSSR count). The minimum absolute atomic E-state index is 0.289. The fourth-order valence-electron chi connectivity index (χ4n) is 2.13. The van der Waals surface area contributed by atoms with Gasteiger partial charge in [0.2, 0.25) is 0 Å². The first kappa shape index (κ1) is 15.8. The monoisotopic (exact) mass is 297 g/mol. The van der Waals surface area contributed by atoms with Crippen molar-refractivity contribution in [3.63, 3.8) is 0 Å². The lowest BCUT2D eigenvalue weighted by molar-refractivity contribution is -0.142. The molecule has 1 N–H and O–H groups in total. The zero-order valence-electron chi connectivity index (χ0n) is 12.7. The van der Waals surface area contributed by atoms with Crippen LogP contribution >= 0.6 is 0 Å². The Morgan fingerprint density at radius 3 is 2.27 bits per heavy atom. The summed E-state index contributed by atoms with van der Waals surface area (Å²) >= 11 is 0. The highest BCUT2D eigenvalue weighted by atomic mass is 16.5. The highest BCUT2D eigenvalue weighted by molar-refractivity contribution is 5.96. The molecule has 2 aromatic carbocycles. The number of rotatable bonds is 5. The van der Waals surface area contributed by atoms with Crippen LogP contribution in [0.3, 0.4) is 0 Å². The van der Waals surface area contributed by atoms with Crippen LogP contribution in [0.15, 0.2) is 54.6 Å². The van der Waals surface area contributed by atoms with E-state index >= 15 is 0 Å². The van der Waals surface area contributed by atoms with E-state index in [2.05, 4.69) is 5.32 Å². The van der Waals surface area contributed by atoms with Crippen LogP contribution in [-0.2, 0) is 16.0 Å². The molecule has 0 radical (unpaired) electrons. The van der Waals surface area contributed by atoms with E-state index in [1.165, 1.54) is 7.11 Å². The number of methoxy groups -OCH3 is 1. The number of esters is 1. The molecular weight excluding hydrogens is 278 g/mol. The lowest BCUT2D eigenvalue weighted by Gasteiger charge is -2.16. The molecule has 0 aliphatic carbocycles. The van der Waals surface area contributed by atoms with Crippen LogP contribution in [0.1, 0.15) is 21.5 Å². The van der Waals surface area contributed by atoms with E-state index in [4.69, 9.17) is 4.74 Å². The van der Waals surface area contributed by atoms with Crippen molar-refractivity contribution in [2.45, 2.75) is 19.4 Å². The Bertz CT molecular complexity index is 635. The first-order valence-electron chi connectivity index (χ1n) is 7.09. The molecule has 4 heteroatoms. The number of hydrogen-bond donors (Lipinski definition) is 1. The molecule has 0 bridgehead atoms. The minimum atomic E-state index is -0.708. The van der Waals surface area contributed by atoms with Gasteiger partial charge in [0, 0.05) is 12.0 Å². The highest BCUT2D eigenvalue weighted by Crippen LogP contribution is 2.08. The summed E-state index contributed by atoms with van der Waals surface area (Å²) in [5.41, 5.74) is 2.63. The number of benzene rings is 2. The molecule has 0 aliphatic heterocycles. The second-order valence-electron chi connectivity index (χ2n) is 5.10. The number of carbonyl (C=O) groups excluding carboxylic acids is 2. The van der Waals surface area contributed by atoms with Crippen molar-refractivity contribution in [2.24, 2.45) is 0 Å². The van der Waals surface area contributed by atoms with Gasteiger partial charge in [0.1, 0.15) is 6.04 Å². The summed E-state index contributed by atoms with van der Waals surface area (Å²) < 4.78 is 4.79. The first-order chi connectivity index (χ1) is 10.6. The summed E-state index contributed by atoms with van der Waals surface area (Å²) in [6.07, 6.45) is 0.394. The fourth-order valence-corrected chi connectivity index (χ4v) is 2.13. The van der Waals surface area contributed by atoms with Gasteiger partial charge in [-0.1, -0.05) is 48.0 Å². The quantitative estimate of drug-likeness (QED) is 0.863. The molecule has 2 aromatic rings. The summed E-state index contributed by atoms with van der Waals surface area (Å²) in [6, 6.07) is 15.9. The summed E-state index contributed by atoms with van der Waals surface area (Å²) in [5, 5.41) is 2.73. The van der Waals surface area contributed by atoms with Gasteiger partial charge in [-0.15, -0.1) is 0 Å². The van der Waals surface area contributed by atoms with Gasteiger partial charge in [-0.3, -0.25) is 4.79 Å². The van der Waals surface area contributed by atoms with Crippen molar-refractivity contribution in [3.8, 4) is 0 Å². The van der Waals surface area contributed by atoms with Gasteiger partial charge >= 0.3 is 5.97 Å². The summed E-state index contributed by atoms with van der Waals surface area (Å²) in [5.74, 6) is -0.743. The number of hydrogen-bond acceptors (Lipinski definition) is 3. The molecule has 0 saturated carbocycles. The van der Waals surface area contributed by atoms with Crippen LogP contribution in [0, 0.1) is 6.92 Å². The molecule has 0 saturated heterocycles. The van der Waals surface area contributed by atoms with Crippen LogP contribution in [-0.4, -0.2) is 25.0 Å². The van der Waals surface area contributed by atoms with E-state index in [0.29, 0.717) is 12.0 Å². The maximum atomic E-state index is 12.2. The van der Waals surface area contributed by atoms with Crippen molar-refractivity contribution in [1.82, 2.24) is 5.32 Å². The van der Waals surface area contributed by atoms with Gasteiger partial charge in [0.25, 0.3) is 5.91 Å². The largest absolute Gasteiger partial charge is 0.467 e. The maximum absolute atomic E-state index is 12.2. The number of nitrogens with one attached hydrogen (secondary N) is 1. The van der Waals surface area contributed by atoms with Crippen LogP contribution in [0.5, 0.6) is 0 Å². The molecule has 0 unspecified atom stereocenters. The molecule has 0 aromatic heterocycles. The highest BCUT2D eigenvalue weighted by Gasteiger charge is 2.22. The van der Waals surface area contributed by atoms with Crippen molar-refractivity contribution in [3.05, 3.63) is 71.3 Å².